The molecule has 2 nitrogen and oxygen atoms in total. The Kier molecular flexibility index (Phi) is 4.58. The highest BCUT2D eigenvalue weighted by atomic mass is 35.5. The number of nitrogens with one attached hydrogen (secondary N) is 1. The molecule has 2 unspecified atom stereocenters. The SMILES string of the molecule is CC(C)C(C)C(NN)c1ccc(Cl)cc1. The lowest BCUT2D eigenvalue weighted by Gasteiger charge is -2.26. The molecule has 0 fully saturated rings. The summed E-state index contributed by atoms with van der Waals surface area (Å²) in [7, 11) is 0. The maximum absolute atomic E-state index is 5.85. The fraction of sp³-hybridized carbons (Fsp3) is 0.500. The summed E-state index contributed by atoms with van der Waals surface area (Å²) < 4.78 is 0. The smallest absolute Gasteiger partial charge is 0.0487 e. The molecule has 0 bridgehead atoms. The number of benzene rings is 1. The zero-order chi connectivity index (χ0) is 11.4. The Morgan fingerprint density at radius 1 is 1.13 bits per heavy atom. The summed E-state index contributed by atoms with van der Waals surface area (Å²) in [5, 5.41) is 0.756. The van der Waals surface area contributed by atoms with Gasteiger partial charge in [0.15, 0.2) is 0 Å². The van der Waals surface area contributed by atoms with Crippen LogP contribution in [0.15, 0.2) is 24.3 Å². The normalized spacial score (nSPS) is 15.3. The van der Waals surface area contributed by atoms with Crippen molar-refractivity contribution in [3.63, 3.8) is 0 Å². The molecular formula is C12H19ClN2. The average Bonchev–Trinajstić information content (AvgIpc) is 2.21. The Balaban J connectivity index is 2.87. The van der Waals surface area contributed by atoms with Crippen LogP contribution in [0.4, 0.5) is 0 Å². The summed E-state index contributed by atoms with van der Waals surface area (Å²) in [5.41, 5.74) is 4.06. The van der Waals surface area contributed by atoms with E-state index < -0.39 is 0 Å². The molecule has 15 heavy (non-hydrogen) atoms. The number of rotatable bonds is 4. The molecule has 0 amide bonds. The van der Waals surface area contributed by atoms with Gasteiger partial charge in [-0.2, -0.15) is 0 Å². The van der Waals surface area contributed by atoms with E-state index in [-0.39, 0.29) is 6.04 Å². The van der Waals surface area contributed by atoms with Crippen molar-refractivity contribution in [3.8, 4) is 0 Å². The molecule has 0 aliphatic heterocycles. The summed E-state index contributed by atoms with van der Waals surface area (Å²) in [6.07, 6.45) is 0. The van der Waals surface area contributed by atoms with Gasteiger partial charge in [-0.15, -0.1) is 0 Å². The first-order valence-electron chi connectivity index (χ1n) is 5.28. The molecule has 0 heterocycles. The van der Waals surface area contributed by atoms with Gasteiger partial charge in [0.25, 0.3) is 0 Å². The molecule has 0 saturated carbocycles. The van der Waals surface area contributed by atoms with Gasteiger partial charge in [0.2, 0.25) is 0 Å². The minimum atomic E-state index is 0.183. The highest BCUT2D eigenvalue weighted by molar-refractivity contribution is 6.30. The van der Waals surface area contributed by atoms with Crippen molar-refractivity contribution in [1.29, 1.82) is 0 Å². The Morgan fingerprint density at radius 2 is 1.67 bits per heavy atom. The number of hydrazine groups is 1. The summed E-state index contributed by atoms with van der Waals surface area (Å²) >= 11 is 5.85. The topological polar surface area (TPSA) is 38.0 Å². The van der Waals surface area contributed by atoms with Crippen LogP contribution >= 0.6 is 11.6 Å². The highest BCUT2D eigenvalue weighted by Gasteiger charge is 2.20. The van der Waals surface area contributed by atoms with E-state index in [1.807, 2.05) is 24.3 Å². The van der Waals surface area contributed by atoms with Gasteiger partial charge in [-0.3, -0.25) is 11.3 Å². The Morgan fingerprint density at radius 3 is 2.07 bits per heavy atom. The Labute approximate surface area is 96.8 Å². The van der Waals surface area contributed by atoms with Crippen LogP contribution in [-0.4, -0.2) is 0 Å². The molecule has 0 radical (unpaired) electrons. The highest BCUT2D eigenvalue weighted by Crippen LogP contribution is 2.27. The number of hydrogen-bond donors (Lipinski definition) is 2. The third-order valence-electron chi connectivity index (χ3n) is 2.99. The molecule has 84 valence electrons. The molecule has 0 spiro atoms. The minimum Gasteiger partial charge on any atom is -0.271 e. The van der Waals surface area contributed by atoms with Crippen LogP contribution < -0.4 is 11.3 Å². The number of hydrogen-bond acceptors (Lipinski definition) is 2. The monoisotopic (exact) mass is 226 g/mol. The summed E-state index contributed by atoms with van der Waals surface area (Å²) in [5.74, 6) is 6.67. The fourth-order valence-electron chi connectivity index (χ4n) is 1.61. The van der Waals surface area contributed by atoms with Crippen molar-refractivity contribution in [1.82, 2.24) is 5.43 Å². The standard InChI is InChI=1S/C12H19ClN2/c1-8(2)9(3)12(15-14)10-4-6-11(13)7-5-10/h4-9,12,15H,14H2,1-3H3. The predicted octanol–water partition coefficient (Wildman–Crippen LogP) is 3.14. The van der Waals surface area contributed by atoms with E-state index in [9.17, 15) is 0 Å². The van der Waals surface area contributed by atoms with E-state index in [0.717, 1.165) is 5.02 Å². The third-order valence-corrected chi connectivity index (χ3v) is 3.24. The number of halogens is 1. The van der Waals surface area contributed by atoms with Crippen LogP contribution in [0, 0.1) is 11.8 Å². The maximum atomic E-state index is 5.85. The molecule has 0 aliphatic carbocycles. The molecule has 1 aromatic rings. The van der Waals surface area contributed by atoms with Crippen LogP contribution in [0.2, 0.25) is 5.02 Å². The van der Waals surface area contributed by atoms with Crippen LogP contribution in [-0.2, 0) is 0 Å². The molecular weight excluding hydrogens is 208 g/mol. The molecule has 1 rings (SSSR count). The van der Waals surface area contributed by atoms with Gasteiger partial charge in [0, 0.05) is 11.1 Å². The molecule has 0 aliphatic rings. The van der Waals surface area contributed by atoms with Crippen molar-refractivity contribution in [3.05, 3.63) is 34.9 Å². The second kappa shape index (κ2) is 5.50. The first-order valence-corrected chi connectivity index (χ1v) is 5.65. The first kappa shape index (κ1) is 12.5. The fourth-order valence-corrected chi connectivity index (χ4v) is 1.73. The van der Waals surface area contributed by atoms with Crippen molar-refractivity contribution >= 4 is 11.6 Å². The molecule has 3 heteroatoms. The molecule has 0 aromatic heterocycles. The van der Waals surface area contributed by atoms with Crippen molar-refractivity contribution in [2.24, 2.45) is 17.7 Å². The second-order valence-electron chi connectivity index (χ2n) is 4.30. The zero-order valence-corrected chi connectivity index (χ0v) is 10.3. The quantitative estimate of drug-likeness (QED) is 0.612. The Hall–Kier alpha value is -0.570. The lowest BCUT2D eigenvalue weighted by molar-refractivity contribution is 0.306. The largest absolute Gasteiger partial charge is 0.271 e. The zero-order valence-electron chi connectivity index (χ0n) is 9.50. The number of nitrogens with two attached hydrogens (primary N) is 1. The van der Waals surface area contributed by atoms with Crippen LogP contribution in [0.25, 0.3) is 0 Å². The summed E-state index contributed by atoms with van der Waals surface area (Å²) in [6.45, 7) is 6.60. The van der Waals surface area contributed by atoms with Crippen molar-refractivity contribution in [2.75, 3.05) is 0 Å². The molecule has 2 atom stereocenters. The summed E-state index contributed by atoms with van der Waals surface area (Å²) in [6, 6.07) is 8.02. The van der Waals surface area contributed by atoms with Crippen LogP contribution in [0.5, 0.6) is 0 Å². The van der Waals surface area contributed by atoms with E-state index in [1.165, 1.54) is 5.56 Å². The van der Waals surface area contributed by atoms with Gasteiger partial charge < -0.3 is 0 Å². The summed E-state index contributed by atoms with van der Waals surface area (Å²) in [4.78, 5) is 0. The lowest BCUT2D eigenvalue weighted by atomic mass is 9.86. The van der Waals surface area contributed by atoms with Crippen LogP contribution in [0.3, 0.4) is 0 Å². The van der Waals surface area contributed by atoms with Crippen molar-refractivity contribution in [2.45, 2.75) is 26.8 Å². The second-order valence-corrected chi connectivity index (χ2v) is 4.74. The van der Waals surface area contributed by atoms with Crippen molar-refractivity contribution < 1.29 is 0 Å². The van der Waals surface area contributed by atoms with Gasteiger partial charge in [0.1, 0.15) is 0 Å². The van der Waals surface area contributed by atoms with Gasteiger partial charge in [-0.05, 0) is 29.5 Å². The Bertz CT molecular complexity index is 295. The van der Waals surface area contributed by atoms with E-state index in [4.69, 9.17) is 17.4 Å². The van der Waals surface area contributed by atoms with E-state index >= 15 is 0 Å². The van der Waals surface area contributed by atoms with Gasteiger partial charge in [-0.25, -0.2) is 0 Å². The molecule has 0 saturated heterocycles. The minimum absolute atomic E-state index is 0.183. The molecule has 1 aromatic carbocycles. The van der Waals surface area contributed by atoms with E-state index in [1.54, 1.807) is 0 Å². The lowest BCUT2D eigenvalue weighted by Crippen LogP contribution is -2.34. The first-order chi connectivity index (χ1) is 7.06. The van der Waals surface area contributed by atoms with Gasteiger partial charge >= 0.3 is 0 Å². The van der Waals surface area contributed by atoms with Gasteiger partial charge in [0.05, 0.1) is 0 Å². The molecule has 3 N–H and O–H groups in total. The van der Waals surface area contributed by atoms with E-state index in [0.29, 0.717) is 11.8 Å². The predicted molar refractivity (Wildman–Crippen MR) is 65.5 cm³/mol. The maximum Gasteiger partial charge on any atom is 0.0487 e. The van der Waals surface area contributed by atoms with Crippen LogP contribution in [0.1, 0.15) is 32.4 Å². The van der Waals surface area contributed by atoms with E-state index in [2.05, 4.69) is 26.2 Å². The average molecular weight is 227 g/mol. The van der Waals surface area contributed by atoms with Gasteiger partial charge in [-0.1, -0.05) is 44.5 Å². The third kappa shape index (κ3) is 3.20.